The van der Waals surface area contributed by atoms with Gasteiger partial charge in [-0.3, -0.25) is 4.68 Å². The molecule has 0 aliphatic rings. The minimum absolute atomic E-state index is 0.0215. The van der Waals surface area contributed by atoms with E-state index in [0.29, 0.717) is 11.5 Å². The monoisotopic (exact) mass is 379 g/mol. The van der Waals surface area contributed by atoms with Crippen molar-refractivity contribution in [3.63, 3.8) is 0 Å². The molecule has 25 heavy (non-hydrogen) atoms. The van der Waals surface area contributed by atoms with Crippen LogP contribution in [0.15, 0.2) is 47.6 Å². The summed E-state index contributed by atoms with van der Waals surface area (Å²) in [4.78, 5) is 4.28. The Kier molecular flexibility index (Phi) is 4.68. The summed E-state index contributed by atoms with van der Waals surface area (Å²) < 4.78 is 31.8. The average Bonchev–Trinajstić information content (AvgIpc) is 3.09. The maximum atomic E-state index is 13.0. The first-order valence-electron chi connectivity index (χ1n) is 7.55. The van der Waals surface area contributed by atoms with Gasteiger partial charge < -0.3 is 4.57 Å². The quantitative estimate of drug-likeness (QED) is 0.736. The molecule has 2 heterocycles. The van der Waals surface area contributed by atoms with E-state index in [-0.39, 0.29) is 10.0 Å². The van der Waals surface area contributed by atoms with Crippen LogP contribution in [-0.4, -0.2) is 27.7 Å². The van der Waals surface area contributed by atoms with Crippen molar-refractivity contribution in [3.8, 4) is 0 Å². The van der Waals surface area contributed by atoms with Gasteiger partial charge in [-0.2, -0.15) is 9.82 Å². The van der Waals surface area contributed by atoms with Crippen LogP contribution in [0.3, 0.4) is 0 Å². The zero-order valence-corrected chi connectivity index (χ0v) is 15.6. The van der Waals surface area contributed by atoms with E-state index >= 15 is 0 Å². The van der Waals surface area contributed by atoms with Gasteiger partial charge in [-0.25, -0.2) is 13.4 Å². The lowest BCUT2D eigenvalue weighted by molar-refractivity contribution is 0.562. The number of aromatic nitrogens is 4. The fraction of sp³-hybridized carbons (Fsp3) is 0.250. The summed E-state index contributed by atoms with van der Waals surface area (Å²) in [5.74, 6) is 0.576. The molecule has 9 heteroatoms. The first kappa shape index (κ1) is 17.7. The minimum Gasteiger partial charge on any atom is -0.336 e. The molecule has 2 aromatic heterocycles. The van der Waals surface area contributed by atoms with Gasteiger partial charge in [-0.1, -0.05) is 41.9 Å². The van der Waals surface area contributed by atoms with E-state index in [9.17, 15) is 8.42 Å². The van der Waals surface area contributed by atoms with Gasteiger partial charge in [0, 0.05) is 26.5 Å². The Labute approximate surface area is 151 Å². The lowest BCUT2D eigenvalue weighted by Gasteiger charge is -2.19. The van der Waals surface area contributed by atoms with Crippen molar-refractivity contribution in [1.29, 1.82) is 0 Å². The van der Waals surface area contributed by atoms with Crippen molar-refractivity contribution in [1.82, 2.24) is 24.1 Å². The maximum Gasteiger partial charge on any atom is 0.246 e. The van der Waals surface area contributed by atoms with Crippen LogP contribution in [0.25, 0.3) is 0 Å². The fourth-order valence-corrected chi connectivity index (χ4v) is 4.63. The van der Waals surface area contributed by atoms with Gasteiger partial charge in [-0.05, 0) is 12.5 Å². The number of benzene rings is 1. The number of aryl methyl sites for hydroxylation is 3. The number of hydrogen-bond donors (Lipinski definition) is 1. The van der Waals surface area contributed by atoms with Crippen molar-refractivity contribution in [2.45, 2.75) is 17.9 Å². The van der Waals surface area contributed by atoms with Crippen LogP contribution < -0.4 is 4.72 Å². The molecule has 3 aromatic rings. The molecule has 1 N–H and O–H groups in total. The fourth-order valence-electron chi connectivity index (χ4n) is 2.70. The van der Waals surface area contributed by atoms with Gasteiger partial charge in [0.15, 0.2) is 0 Å². The van der Waals surface area contributed by atoms with Crippen LogP contribution in [0.1, 0.15) is 23.1 Å². The highest BCUT2D eigenvalue weighted by Gasteiger charge is 2.30. The summed E-state index contributed by atoms with van der Waals surface area (Å²) in [7, 11) is -0.496. The second kappa shape index (κ2) is 6.62. The summed E-state index contributed by atoms with van der Waals surface area (Å²) in [5, 5.41) is 4.15. The molecule has 7 nitrogen and oxygen atoms in total. The van der Waals surface area contributed by atoms with Gasteiger partial charge in [0.2, 0.25) is 10.0 Å². The summed E-state index contributed by atoms with van der Waals surface area (Å²) in [6.45, 7) is 1.61. The summed E-state index contributed by atoms with van der Waals surface area (Å²) in [6.07, 6.45) is 3.39. The Morgan fingerprint density at radius 2 is 1.88 bits per heavy atom. The van der Waals surface area contributed by atoms with E-state index in [1.165, 1.54) is 4.68 Å². The molecule has 0 amide bonds. The first-order valence-corrected chi connectivity index (χ1v) is 9.41. The molecular formula is C16H18ClN5O2S. The molecule has 0 bridgehead atoms. The van der Waals surface area contributed by atoms with Crippen molar-refractivity contribution < 1.29 is 8.42 Å². The third-order valence-corrected chi connectivity index (χ3v) is 6.01. The number of halogens is 1. The number of nitrogens with one attached hydrogen (secondary N) is 1. The molecular weight excluding hydrogens is 362 g/mol. The van der Waals surface area contributed by atoms with Gasteiger partial charge in [-0.15, -0.1) is 0 Å². The van der Waals surface area contributed by atoms with Crippen LogP contribution in [0.5, 0.6) is 0 Å². The van der Waals surface area contributed by atoms with Crippen molar-refractivity contribution in [2.24, 2.45) is 14.1 Å². The molecule has 0 spiro atoms. The van der Waals surface area contributed by atoms with Crippen LogP contribution >= 0.6 is 11.6 Å². The number of sulfonamides is 1. The second-order valence-corrected chi connectivity index (χ2v) is 7.70. The zero-order valence-electron chi connectivity index (χ0n) is 14.0. The Bertz CT molecular complexity index is 995. The smallest absolute Gasteiger partial charge is 0.246 e. The molecule has 0 fully saturated rings. The van der Waals surface area contributed by atoms with Crippen molar-refractivity contribution >= 4 is 21.6 Å². The summed E-state index contributed by atoms with van der Waals surface area (Å²) >= 11 is 6.14. The predicted molar refractivity (Wildman–Crippen MR) is 94.8 cm³/mol. The Hall–Kier alpha value is -2.16. The van der Waals surface area contributed by atoms with E-state index in [4.69, 9.17) is 11.6 Å². The molecule has 0 saturated carbocycles. The standard InChI is InChI=1S/C16H18ClN5O2S/c1-11-14(15(17)22(3)19-11)25(23,24)20-13(12-7-5-4-6-8-12)16-18-9-10-21(16)2/h4-10,13,20H,1-3H3/t13-/m1/s1. The molecule has 132 valence electrons. The average molecular weight is 380 g/mol. The Balaban J connectivity index is 2.08. The normalized spacial score (nSPS) is 13.1. The van der Waals surface area contributed by atoms with Gasteiger partial charge in [0.1, 0.15) is 21.9 Å². The van der Waals surface area contributed by atoms with E-state index < -0.39 is 16.1 Å². The SMILES string of the molecule is Cc1nn(C)c(Cl)c1S(=O)(=O)N[C@H](c1ccccc1)c1nccn1C. The maximum absolute atomic E-state index is 13.0. The first-order chi connectivity index (χ1) is 11.8. The van der Waals surface area contributed by atoms with E-state index in [1.54, 1.807) is 30.9 Å². The van der Waals surface area contributed by atoms with Gasteiger partial charge in [0.25, 0.3) is 0 Å². The summed E-state index contributed by atoms with van der Waals surface area (Å²) in [5.41, 5.74) is 1.12. The number of rotatable bonds is 5. The Morgan fingerprint density at radius 3 is 2.40 bits per heavy atom. The highest BCUT2D eigenvalue weighted by atomic mass is 35.5. The molecule has 0 saturated heterocycles. The molecule has 1 aromatic carbocycles. The van der Waals surface area contributed by atoms with E-state index in [2.05, 4.69) is 14.8 Å². The number of hydrogen-bond acceptors (Lipinski definition) is 4. The molecule has 0 aliphatic carbocycles. The van der Waals surface area contributed by atoms with E-state index in [0.717, 1.165) is 5.56 Å². The van der Waals surface area contributed by atoms with Crippen LogP contribution in [-0.2, 0) is 24.1 Å². The molecule has 0 radical (unpaired) electrons. The molecule has 1 atom stereocenters. The molecule has 3 rings (SSSR count). The number of imidazole rings is 1. The minimum atomic E-state index is -3.91. The van der Waals surface area contributed by atoms with Crippen LogP contribution in [0.4, 0.5) is 0 Å². The zero-order chi connectivity index (χ0) is 18.2. The lowest BCUT2D eigenvalue weighted by atomic mass is 10.1. The van der Waals surface area contributed by atoms with Gasteiger partial charge >= 0.3 is 0 Å². The topological polar surface area (TPSA) is 81.8 Å². The highest BCUT2D eigenvalue weighted by Crippen LogP contribution is 2.28. The number of nitrogens with zero attached hydrogens (tertiary/aromatic N) is 4. The molecule has 0 unspecified atom stereocenters. The van der Waals surface area contributed by atoms with Crippen LogP contribution in [0, 0.1) is 6.92 Å². The predicted octanol–water partition coefficient (Wildman–Crippen LogP) is 2.18. The largest absolute Gasteiger partial charge is 0.336 e. The van der Waals surface area contributed by atoms with Crippen molar-refractivity contribution in [3.05, 3.63) is 65.0 Å². The third kappa shape index (κ3) is 3.33. The van der Waals surface area contributed by atoms with Crippen LogP contribution in [0.2, 0.25) is 5.15 Å². The van der Waals surface area contributed by atoms with Gasteiger partial charge in [0.05, 0.1) is 5.69 Å². The third-order valence-electron chi connectivity index (χ3n) is 3.89. The van der Waals surface area contributed by atoms with E-state index in [1.807, 2.05) is 37.4 Å². The summed E-state index contributed by atoms with van der Waals surface area (Å²) in [6, 6.07) is 8.61. The lowest BCUT2D eigenvalue weighted by Crippen LogP contribution is -2.31. The highest BCUT2D eigenvalue weighted by molar-refractivity contribution is 7.89. The van der Waals surface area contributed by atoms with Crippen molar-refractivity contribution in [2.75, 3.05) is 0 Å². The second-order valence-electron chi connectivity index (χ2n) is 5.69. The molecule has 0 aliphatic heterocycles. The Morgan fingerprint density at radius 1 is 1.20 bits per heavy atom.